The van der Waals surface area contributed by atoms with Crippen molar-refractivity contribution >= 4 is 22.6 Å². The fourth-order valence-electron chi connectivity index (χ4n) is 3.84. The molecule has 0 spiro atoms. The molecule has 0 atom stereocenters. The number of rotatable bonds is 3. The number of hydrogen-bond acceptors (Lipinski definition) is 2. The van der Waals surface area contributed by atoms with E-state index in [1.807, 2.05) is 65.6 Å². The first-order valence-electron chi connectivity index (χ1n) is 9.74. The number of anilines is 1. The van der Waals surface area contributed by atoms with Crippen molar-refractivity contribution in [2.75, 3.05) is 11.9 Å². The number of aromatic amines is 1. The number of nitrogens with one attached hydrogen (secondary N) is 2. The number of benzene rings is 3. The predicted octanol–water partition coefficient (Wildman–Crippen LogP) is 5.55. The smallest absolute Gasteiger partial charge is 0.322 e. The lowest BCUT2D eigenvalue weighted by Crippen LogP contribution is -2.38. The molecule has 2 amide bonds. The molecule has 5 rings (SSSR count). The number of amides is 2. The second kappa shape index (κ2) is 7.36. The molecule has 1 aliphatic heterocycles. The Kier molecular flexibility index (Phi) is 4.41. The molecule has 1 aliphatic rings. The van der Waals surface area contributed by atoms with E-state index in [0.717, 1.165) is 23.4 Å². The summed E-state index contributed by atoms with van der Waals surface area (Å²) in [7, 11) is 0. The molecule has 2 heterocycles. The molecular formula is C24H21N3O2. The third kappa shape index (κ3) is 3.43. The number of aromatic nitrogens is 1. The third-order valence-corrected chi connectivity index (χ3v) is 5.27. The van der Waals surface area contributed by atoms with E-state index in [9.17, 15) is 4.79 Å². The molecule has 29 heavy (non-hydrogen) atoms. The van der Waals surface area contributed by atoms with Gasteiger partial charge in [0, 0.05) is 23.1 Å². The highest BCUT2D eigenvalue weighted by Gasteiger charge is 2.24. The van der Waals surface area contributed by atoms with Crippen molar-refractivity contribution < 1.29 is 9.53 Å². The van der Waals surface area contributed by atoms with Crippen LogP contribution in [-0.2, 0) is 13.0 Å². The van der Waals surface area contributed by atoms with Crippen LogP contribution in [0.4, 0.5) is 10.5 Å². The summed E-state index contributed by atoms with van der Waals surface area (Å²) in [5.74, 6) is 1.35. The maximum absolute atomic E-state index is 12.9. The fourth-order valence-corrected chi connectivity index (χ4v) is 3.84. The lowest BCUT2D eigenvalue weighted by molar-refractivity contribution is 0.205. The van der Waals surface area contributed by atoms with Crippen LogP contribution >= 0.6 is 0 Å². The number of carbonyl (C=O) groups is 1. The average molecular weight is 383 g/mol. The van der Waals surface area contributed by atoms with Crippen molar-refractivity contribution in [3.8, 4) is 11.5 Å². The topological polar surface area (TPSA) is 57.4 Å². The molecule has 0 bridgehead atoms. The van der Waals surface area contributed by atoms with Gasteiger partial charge >= 0.3 is 6.03 Å². The van der Waals surface area contributed by atoms with Gasteiger partial charge in [-0.2, -0.15) is 0 Å². The van der Waals surface area contributed by atoms with E-state index >= 15 is 0 Å². The summed E-state index contributed by atoms with van der Waals surface area (Å²) in [6, 6.07) is 25.2. The molecule has 2 N–H and O–H groups in total. The highest BCUT2D eigenvalue weighted by molar-refractivity contribution is 5.92. The van der Waals surface area contributed by atoms with Crippen molar-refractivity contribution in [3.05, 3.63) is 90.1 Å². The van der Waals surface area contributed by atoms with Crippen LogP contribution in [0.2, 0.25) is 0 Å². The second-order valence-electron chi connectivity index (χ2n) is 7.14. The van der Waals surface area contributed by atoms with Gasteiger partial charge < -0.3 is 19.9 Å². The molecule has 0 saturated carbocycles. The quantitative estimate of drug-likeness (QED) is 0.487. The van der Waals surface area contributed by atoms with Crippen molar-refractivity contribution in [3.63, 3.8) is 0 Å². The van der Waals surface area contributed by atoms with E-state index in [2.05, 4.69) is 28.5 Å². The Morgan fingerprint density at radius 2 is 1.69 bits per heavy atom. The lowest BCUT2D eigenvalue weighted by atomic mass is 10.0. The Morgan fingerprint density at radius 1 is 0.931 bits per heavy atom. The van der Waals surface area contributed by atoms with Crippen LogP contribution in [0.15, 0.2) is 78.9 Å². The summed E-state index contributed by atoms with van der Waals surface area (Å²) in [4.78, 5) is 18.2. The third-order valence-electron chi connectivity index (χ3n) is 5.27. The minimum atomic E-state index is -0.126. The van der Waals surface area contributed by atoms with E-state index in [1.54, 1.807) is 0 Å². The van der Waals surface area contributed by atoms with Gasteiger partial charge in [-0.25, -0.2) is 4.79 Å². The van der Waals surface area contributed by atoms with Crippen LogP contribution in [0.1, 0.15) is 11.3 Å². The first kappa shape index (κ1) is 17.4. The van der Waals surface area contributed by atoms with Crippen molar-refractivity contribution in [2.24, 2.45) is 0 Å². The average Bonchev–Trinajstić information content (AvgIpc) is 3.13. The standard InChI is InChI=1S/C24H21N3O2/c28-24(26-21-12-6-7-13-23(21)29-17-8-2-1-3-9-17)27-15-14-19-18-10-4-5-11-20(18)25-22(19)16-27/h1-13,25H,14-16H2,(H,26,28). The van der Waals surface area contributed by atoms with Crippen molar-refractivity contribution in [1.29, 1.82) is 0 Å². The lowest BCUT2D eigenvalue weighted by Gasteiger charge is -2.27. The van der Waals surface area contributed by atoms with E-state index in [1.165, 1.54) is 10.9 Å². The molecule has 5 heteroatoms. The van der Waals surface area contributed by atoms with Crippen LogP contribution in [0, 0.1) is 0 Å². The molecule has 0 unspecified atom stereocenters. The van der Waals surface area contributed by atoms with Gasteiger partial charge in [-0.3, -0.25) is 0 Å². The van der Waals surface area contributed by atoms with E-state index in [-0.39, 0.29) is 6.03 Å². The number of para-hydroxylation sites is 4. The van der Waals surface area contributed by atoms with Crippen LogP contribution in [-0.4, -0.2) is 22.5 Å². The number of H-pyrrole nitrogens is 1. The van der Waals surface area contributed by atoms with E-state index in [0.29, 0.717) is 24.5 Å². The Hall–Kier alpha value is -3.73. The maximum Gasteiger partial charge on any atom is 0.322 e. The highest BCUT2D eigenvalue weighted by atomic mass is 16.5. The van der Waals surface area contributed by atoms with Gasteiger partial charge in [-0.15, -0.1) is 0 Å². The Bertz CT molecular complexity index is 1170. The Morgan fingerprint density at radius 3 is 2.59 bits per heavy atom. The van der Waals surface area contributed by atoms with Crippen LogP contribution in [0.3, 0.4) is 0 Å². The molecule has 1 aromatic heterocycles. The summed E-state index contributed by atoms with van der Waals surface area (Å²) >= 11 is 0. The predicted molar refractivity (Wildman–Crippen MR) is 114 cm³/mol. The number of nitrogens with zero attached hydrogens (tertiary/aromatic N) is 1. The Labute approximate surface area is 168 Å². The number of hydrogen-bond donors (Lipinski definition) is 2. The molecule has 0 saturated heterocycles. The minimum absolute atomic E-state index is 0.126. The molecule has 3 aromatic carbocycles. The zero-order valence-corrected chi connectivity index (χ0v) is 15.9. The molecule has 0 fully saturated rings. The summed E-state index contributed by atoms with van der Waals surface area (Å²) < 4.78 is 5.95. The van der Waals surface area contributed by atoms with Crippen molar-refractivity contribution in [1.82, 2.24) is 9.88 Å². The van der Waals surface area contributed by atoms with Gasteiger partial charge in [0.2, 0.25) is 0 Å². The number of carbonyl (C=O) groups excluding carboxylic acids is 1. The molecule has 0 aliphatic carbocycles. The van der Waals surface area contributed by atoms with Gasteiger partial charge in [-0.05, 0) is 42.3 Å². The van der Waals surface area contributed by atoms with Crippen LogP contribution < -0.4 is 10.1 Å². The van der Waals surface area contributed by atoms with Crippen LogP contribution in [0.5, 0.6) is 11.5 Å². The first-order chi connectivity index (χ1) is 14.3. The molecule has 144 valence electrons. The first-order valence-corrected chi connectivity index (χ1v) is 9.74. The largest absolute Gasteiger partial charge is 0.455 e. The van der Waals surface area contributed by atoms with Gasteiger partial charge in [-0.1, -0.05) is 48.5 Å². The van der Waals surface area contributed by atoms with Crippen LogP contribution in [0.25, 0.3) is 10.9 Å². The molecule has 5 nitrogen and oxygen atoms in total. The Balaban J connectivity index is 1.34. The monoisotopic (exact) mass is 383 g/mol. The van der Waals surface area contributed by atoms with E-state index in [4.69, 9.17) is 4.74 Å². The summed E-state index contributed by atoms with van der Waals surface area (Å²) in [5.41, 5.74) is 4.21. The zero-order valence-electron chi connectivity index (χ0n) is 15.9. The fraction of sp³-hybridized carbons (Fsp3) is 0.125. The summed E-state index contributed by atoms with van der Waals surface area (Å²) in [6.07, 6.45) is 0.842. The molecule has 4 aromatic rings. The van der Waals surface area contributed by atoms with Gasteiger partial charge in [0.25, 0.3) is 0 Å². The SMILES string of the molecule is O=C(Nc1ccccc1Oc1ccccc1)N1CCc2c([nH]c3ccccc23)C1. The number of ether oxygens (including phenoxy) is 1. The van der Waals surface area contributed by atoms with Crippen molar-refractivity contribution in [2.45, 2.75) is 13.0 Å². The maximum atomic E-state index is 12.9. The normalized spacial score (nSPS) is 13.2. The number of urea groups is 1. The van der Waals surface area contributed by atoms with Gasteiger partial charge in [0.15, 0.2) is 5.75 Å². The summed E-state index contributed by atoms with van der Waals surface area (Å²) in [6.45, 7) is 1.25. The van der Waals surface area contributed by atoms with E-state index < -0.39 is 0 Å². The highest BCUT2D eigenvalue weighted by Crippen LogP contribution is 2.31. The minimum Gasteiger partial charge on any atom is -0.455 e. The second-order valence-corrected chi connectivity index (χ2v) is 7.14. The summed E-state index contributed by atoms with van der Waals surface area (Å²) in [5, 5.41) is 4.27. The van der Waals surface area contributed by atoms with Gasteiger partial charge in [0.05, 0.1) is 12.2 Å². The number of fused-ring (bicyclic) bond motifs is 3. The van der Waals surface area contributed by atoms with Gasteiger partial charge in [0.1, 0.15) is 5.75 Å². The molecule has 0 radical (unpaired) electrons. The zero-order chi connectivity index (χ0) is 19.6. The molecular weight excluding hydrogens is 362 g/mol.